The fourth-order valence-corrected chi connectivity index (χ4v) is 0.936. The van der Waals surface area contributed by atoms with Gasteiger partial charge in [0.15, 0.2) is 5.75 Å². The van der Waals surface area contributed by atoms with Crippen molar-refractivity contribution in [2.75, 3.05) is 7.11 Å². The van der Waals surface area contributed by atoms with Crippen molar-refractivity contribution in [2.45, 2.75) is 0 Å². The summed E-state index contributed by atoms with van der Waals surface area (Å²) in [6.45, 7) is 3.50. The Morgan fingerprint density at radius 1 is 1.64 bits per heavy atom. The Morgan fingerprint density at radius 2 is 2.27 bits per heavy atom. The van der Waals surface area contributed by atoms with Crippen molar-refractivity contribution in [2.24, 2.45) is 0 Å². The van der Waals surface area contributed by atoms with Crippen molar-refractivity contribution in [1.29, 1.82) is 5.26 Å². The molecular weight excluding hydrogens is 208 g/mol. The molecule has 0 aliphatic rings. The Bertz CT molecular complexity index is 237. The SMILES string of the molecule is C#N.COc1cccnc1Br. The minimum atomic E-state index is 0.743. The third-order valence-corrected chi connectivity index (χ3v) is 1.54. The lowest BCUT2D eigenvalue weighted by atomic mass is 10.5. The number of ether oxygens (including phenoxy) is 1. The van der Waals surface area contributed by atoms with Crippen molar-refractivity contribution in [3.05, 3.63) is 22.9 Å². The molecule has 0 N–H and O–H groups in total. The number of pyridine rings is 1. The van der Waals surface area contributed by atoms with Crippen LogP contribution in [-0.2, 0) is 0 Å². The van der Waals surface area contributed by atoms with Gasteiger partial charge in [-0.25, -0.2) is 10.2 Å². The van der Waals surface area contributed by atoms with Crippen molar-refractivity contribution >= 4 is 15.9 Å². The van der Waals surface area contributed by atoms with Crippen LogP contribution in [-0.4, -0.2) is 12.1 Å². The van der Waals surface area contributed by atoms with Crippen molar-refractivity contribution in [1.82, 2.24) is 4.98 Å². The van der Waals surface area contributed by atoms with Gasteiger partial charge in [-0.05, 0) is 28.1 Å². The average Bonchev–Trinajstić information content (AvgIpc) is 2.09. The lowest BCUT2D eigenvalue weighted by molar-refractivity contribution is 0.410. The largest absolute Gasteiger partial charge is 0.494 e. The van der Waals surface area contributed by atoms with Gasteiger partial charge in [-0.2, -0.15) is 0 Å². The summed E-state index contributed by atoms with van der Waals surface area (Å²) < 4.78 is 5.68. The lowest BCUT2D eigenvalue weighted by Crippen LogP contribution is -1.84. The highest BCUT2D eigenvalue weighted by molar-refractivity contribution is 9.10. The van der Waals surface area contributed by atoms with Gasteiger partial charge in [0, 0.05) is 12.8 Å². The normalized spacial score (nSPS) is 7.64. The predicted octanol–water partition coefficient (Wildman–Crippen LogP) is 1.99. The van der Waals surface area contributed by atoms with Gasteiger partial charge in [-0.3, -0.25) is 0 Å². The first-order chi connectivity index (χ1) is 5.34. The Morgan fingerprint density at radius 3 is 2.64 bits per heavy atom. The van der Waals surface area contributed by atoms with Crippen LogP contribution < -0.4 is 4.74 Å². The first-order valence-corrected chi connectivity index (χ1v) is 3.54. The summed E-state index contributed by atoms with van der Waals surface area (Å²) in [7, 11) is 1.61. The fourth-order valence-electron chi connectivity index (χ4n) is 0.524. The molecule has 0 saturated heterocycles. The van der Waals surface area contributed by atoms with Gasteiger partial charge in [0.25, 0.3) is 0 Å². The Labute approximate surface area is 73.8 Å². The van der Waals surface area contributed by atoms with E-state index in [-0.39, 0.29) is 0 Å². The van der Waals surface area contributed by atoms with Crippen LogP contribution in [0, 0.1) is 11.8 Å². The summed E-state index contributed by atoms with van der Waals surface area (Å²) in [5.41, 5.74) is 0. The summed E-state index contributed by atoms with van der Waals surface area (Å²) in [6, 6.07) is 3.67. The zero-order valence-corrected chi connectivity index (χ0v) is 7.58. The fraction of sp³-hybridized carbons (Fsp3) is 0.143. The van der Waals surface area contributed by atoms with E-state index < -0.39 is 0 Å². The molecule has 11 heavy (non-hydrogen) atoms. The van der Waals surface area contributed by atoms with E-state index in [0.29, 0.717) is 0 Å². The van der Waals surface area contributed by atoms with Crippen LogP contribution in [0.3, 0.4) is 0 Å². The lowest BCUT2D eigenvalue weighted by Gasteiger charge is -1.98. The molecular formula is C7H7BrN2O. The van der Waals surface area contributed by atoms with E-state index in [4.69, 9.17) is 10.00 Å². The smallest absolute Gasteiger partial charge is 0.151 e. The molecule has 0 atom stereocenters. The number of nitriles is 1. The minimum absolute atomic E-state index is 0.743. The molecule has 1 aromatic rings. The van der Waals surface area contributed by atoms with Gasteiger partial charge >= 0.3 is 0 Å². The first kappa shape index (κ1) is 9.92. The Balaban J connectivity index is 0.000000461. The second kappa shape index (κ2) is 5.69. The van der Waals surface area contributed by atoms with E-state index in [2.05, 4.69) is 27.5 Å². The molecule has 0 aliphatic carbocycles. The highest BCUT2D eigenvalue weighted by Gasteiger charge is 1.94. The van der Waals surface area contributed by atoms with Crippen LogP contribution in [0.5, 0.6) is 5.75 Å². The van der Waals surface area contributed by atoms with Crippen LogP contribution >= 0.6 is 15.9 Å². The molecule has 1 heterocycles. The summed E-state index contributed by atoms with van der Waals surface area (Å²) in [5.74, 6) is 0.762. The van der Waals surface area contributed by atoms with Gasteiger partial charge in [-0.15, -0.1) is 0 Å². The zero-order chi connectivity index (χ0) is 8.69. The molecule has 0 spiro atoms. The van der Waals surface area contributed by atoms with E-state index in [1.54, 1.807) is 13.3 Å². The van der Waals surface area contributed by atoms with Crippen LogP contribution in [0.4, 0.5) is 0 Å². The minimum Gasteiger partial charge on any atom is -0.494 e. The van der Waals surface area contributed by atoms with Crippen molar-refractivity contribution in [3.63, 3.8) is 0 Å². The number of methoxy groups -OCH3 is 1. The molecule has 1 rings (SSSR count). The first-order valence-electron chi connectivity index (χ1n) is 2.75. The molecule has 0 unspecified atom stereocenters. The van der Waals surface area contributed by atoms with E-state index in [9.17, 15) is 0 Å². The van der Waals surface area contributed by atoms with Gasteiger partial charge in [-0.1, -0.05) is 0 Å². The molecule has 0 saturated carbocycles. The van der Waals surface area contributed by atoms with Gasteiger partial charge in [0.2, 0.25) is 0 Å². The number of rotatable bonds is 1. The molecule has 58 valence electrons. The second-order valence-electron chi connectivity index (χ2n) is 1.50. The number of hydrogen-bond acceptors (Lipinski definition) is 3. The van der Waals surface area contributed by atoms with E-state index >= 15 is 0 Å². The quantitative estimate of drug-likeness (QED) is 0.673. The summed E-state index contributed by atoms with van der Waals surface area (Å²) in [4.78, 5) is 3.94. The third-order valence-electron chi connectivity index (χ3n) is 0.945. The van der Waals surface area contributed by atoms with Crippen LogP contribution in [0.15, 0.2) is 22.9 Å². The monoisotopic (exact) mass is 214 g/mol. The average molecular weight is 215 g/mol. The van der Waals surface area contributed by atoms with Gasteiger partial charge in [0.05, 0.1) is 7.11 Å². The number of aromatic nitrogens is 1. The molecule has 0 radical (unpaired) electrons. The molecule has 0 aliphatic heterocycles. The van der Waals surface area contributed by atoms with E-state index in [0.717, 1.165) is 10.4 Å². The predicted molar refractivity (Wildman–Crippen MR) is 45.2 cm³/mol. The highest BCUT2D eigenvalue weighted by atomic mass is 79.9. The summed E-state index contributed by atoms with van der Waals surface area (Å²) >= 11 is 3.22. The van der Waals surface area contributed by atoms with Crippen molar-refractivity contribution in [3.8, 4) is 12.3 Å². The molecule has 0 amide bonds. The maximum Gasteiger partial charge on any atom is 0.151 e. The molecule has 1 aromatic heterocycles. The van der Waals surface area contributed by atoms with Crippen LogP contribution in [0.1, 0.15) is 0 Å². The topological polar surface area (TPSA) is 45.9 Å². The molecule has 0 fully saturated rings. The van der Waals surface area contributed by atoms with E-state index in [1.807, 2.05) is 12.1 Å². The molecule has 0 aromatic carbocycles. The third kappa shape index (κ3) is 3.01. The van der Waals surface area contributed by atoms with E-state index in [1.165, 1.54) is 0 Å². The second-order valence-corrected chi connectivity index (χ2v) is 2.25. The summed E-state index contributed by atoms with van der Waals surface area (Å²) in [5, 5.41) is 6.50. The number of nitrogens with zero attached hydrogens (tertiary/aromatic N) is 2. The van der Waals surface area contributed by atoms with Gasteiger partial charge < -0.3 is 4.74 Å². The maximum absolute atomic E-state index is 6.50. The standard InChI is InChI=1S/C6H6BrNO.CHN/c1-9-5-3-2-4-8-6(5)7;1-2/h2-4H,1H3;1H. The Kier molecular flexibility index (Phi) is 5.13. The maximum atomic E-state index is 6.50. The molecule has 3 nitrogen and oxygen atoms in total. The highest BCUT2D eigenvalue weighted by Crippen LogP contribution is 2.19. The zero-order valence-electron chi connectivity index (χ0n) is 5.99. The van der Waals surface area contributed by atoms with Crippen LogP contribution in [0.2, 0.25) is 0 Å². The van der Waals surface area contributed by atoms with Crippen LogP contribution in [0.25, 0.3) is 0 Å². The summed E-state index contributed by atoms with van der Waals surface area (Å²) in [6.07, 6.45) is 1.70. The molecule has 0 bridgehead atoms. The number of hydrogen-bond donors (Lipinski definition) is 0. The number of halogens is 1. The molecule has 4 heteroatoms. The van der Waals surface area contributed by atoms with Gasteiger partial charge in [0.1, 0.15) is 4.60 Å². The van der Waals surface area contributed by atoms with Crippen molar-refractivity contribution < 1.29 is 4.74 Å². The Hall–Kier alpha value is -1.08.